The molecular weight excluding hydrogens is 403 g/mol. The van der Waals surface area contributed by atoms with Gasteiger partial charge in [-0.15, -0.1) is 24.0 Å². The van der Waals surface area contributed by atoms with Crippen molar-refractivity contribution in [2.24, 2.45) is 10.9 Å². The van der Waals surface area contributed by atoms with E-state index < -0.39 is 0 Å². The van der Waals surface area contributed by atoms with Crippen LogP contribution in [0.5, 0.6) is 0 Å². The molecule has 0 saturated heterocycles. The predicted molar refractivity (Wildman–Crippen MR) is 102 cm³/mol. The molecule has 0 radical (unpaired) electrons. The van der Waals surface area contributed by atoms with E-state index in [0.717, 1.165) is 35.6 Å². The SMILES string of the molecule is CN=C(NCc1cccnc1-n1ccnc1C)NCC1CC1.I. The van der Waals surface area contributed by atoms with E-state index in [2.05, 4.69) is 31.7 Å². The number of rotatable bonds is 5. The van der Waals surface area contributed by atoms with E-state index in [1.807, 2.05) is 23.8 Å². The third-order valence-corrected chi connectivity index (χ3v) is 3.85. The Bertz CT molecular complexity index is 662. The van der Waals surface area contributed by atoms with Crippen molar-refractivity contribution >= 4 is 29.9 Å². The molecular formula is C16H23IN6. The van der Waals surface area contributed by atoms with Crippen LogP contribution in [-0.4, -0.2) is 34.1 Å². The smallest absolute Gasteiger partial charge is 0.191 e. The minimum absolute atomic E-state index is 0. The first kappa shape index (κ1) is 17.7. The molecule has 0 bridgehead atoms. The first-order valence-electron chi connectivity index (χ1n) is 7.66. The Hall–Kier alpha value is -1.64. The number of hydrogen-bond acceptors (Lipinski definition) is 3. The summed E-state index contributed by atoms with van der Waals surface area (Å²) in [5.74, 6) is 3.49. The molecule has 0 spiro atoms. The molecule has 2 aromatic rings. The quantitative estimate of drug-likeness (QED) is 0.438. The van der Waals surface area contributed by atoms with Crippen molar-refractivity contribution < 1.29 is 0 Å². The molecule has 2 aromatic heterocycles. The zero-order valence-corrected chi connectivity index (χ0v) is 15.8. The zero-order chi connectivity index (χ0) is 15.4. The normalized spacial score (nSPS) is 14.3. The van der Waals surface area contributed by atoms with Crippen molar-refractivity contribution in [3.8, 4) is 5.82 Å². The predicted octanol–water partition coefficient (Wildman–Crippen LogP) is 2.27. The minimum Gasteiger partial charge on any atom is -0.356 e. The van der Waals surface area contributed by atoms with E-state index in [9.17, 15) is 0 Å². The van der Waals surface area contributed by atoms with Crippen molar-refractivity contribution in [3.05, 3.63) is 42.1 Å². The molecule has 0 unspecified atom stereocenters. The van der Waals surface area contributed by atoms with Gasteiger partial charge in [-0.3, -0.25) is 9.56 Å². The standard InChI is InChI=1S/C16H22N6.HI/c1-12-18-8-9-22(12)15-14(4-3-7-19-15)11-21-16(17-2)20-10-13-5-6-13;/h3-4,7-9,13H,5-6,10-11H2,1-2H3,(H2,17,20,21);1H. The van der Waals surface area contributed by atoms with Gasteiger partial charge in [-0.25, -0.2) is 9.97 Å². The summed E-state index contributed by atoms with van der Waals surface area (Å²) in [6, 6.07) is 4.02. The number of nitrogens with one attached hydrogen (secondary N) is 2. The topological polar surface area (TPSA) is 67.1 Å². The molecule has 0 atom stereocenters. The van der Waals surface area contributed by atoms with Crippen molar-refractivity contribution in [2.75, 3.05) is 13.6 Å². The summed E-state index contributed by atoms with van der Waals surface area (Å²) in [5.41, 5.74) is 1.11. The number of aliphatic imine (C=N–C) groups is 1. The molecule has 0 aliphatic heterocycles. The Kier molecular flexibility index (Phi) is 6.37. The van der Waals surface area contributed by atoms with Crippen LogP contribution in [0, 0.1) is 12.8 Å². The Morgan fingerprint density at radius 3 is 2.78 bits per heavy atom. The highest BCUT2D eigenvalue weighted by atomic mass is 127. The molecule has 23 heavy (non-hydrogen) atoms. The molecule has 1 aliphatic rings. The fourth-order valence-electron chi connectivity index (χ4n) is 2.35. The minimum atomic E-state index is 0. The van der Waals surface area contributed by atoms with E-state index in [1.165, 1.54) is 12.8 Å². The summed E-state index contributed by atoms with van der Waals surface area (Å²) >= 11 is 0. The lowest BCUT2D eigenvalue weighted by Gasteiger charge is -2.14. The van der Waals surface area contributed by atoms with Gasteiger partial charge < -0.3 is 10.6 Å². The van der Waals surface area contributed by atoms with Crippen molar-refractivity contribution in [2.45, 2.75) is 26.3 Å². The van der Waals surface area contributed by atoms with Gasteiger partial charge in [-0.2, -0.15) is 0 Å². The highest BCUT2D eigenvalue weighted by Crippen LogP contribution is 2.27. The Morgan fingerprint density at radius 1 is 1.30 bits per heavy atom. The lowest BCUT2D eigenvalue weighted by molar-refractivity contribution is 0.734. The van der Waals surface area contributed by atoms with Gasteiger partial charge in [-0.1, -0.05) is 6.07 Å². The van der Waals surface area contributed by atoms with Crippen LogP contribution >= 0.6 is 24.0 Å². The van der Waals surface area contributed by atoms with Gasteiger partial charge in [0.15, 0.2) is 5.96 Å². The van der Waals surface area contributed by atoms with Gasteiger partial charge in [-0.05, 0) is 31.7 Å². The van der Waals surface area contributed by atoms with Crippen LogP contribution in [0.2, 0.25) is 0 Å². The fraction of sp³-hybridized carbons (Fsp3) is 0.438. The highest BCUT2D eigenvalue weighted by molar-refractivity contribution is 14.0. The van der Waals surface area contributed by atoms with Crippen LogP contribution in [0.4, 0.5) is 0 Å². The lowest BCUT2D eigenvalue weighted by atomic mass is 10.2. The van der Waals surface area contributed by atoms with Crippen LogP contribution in [0.1, 0.15) is 24.2 Å². The van der Waals surface area contributed by atoms with Gasteiger partial charge in [0.25, 0.3) is 0 Å². The lowest BCUT2D eigenvalue weighted by Crippen LogP contribution is -2.38. The van der Waals surface area contributed by atoms with Crippen molar-refractivity contribution in [1.82, 2.24) is 25.2 Å². The maximum Gasteiger partial charge on any atom is 0.191 e. The van der Waals surface area contributed by atoms with Crippen molar-refractivity contribution in [1.29, 1.82) is 0 Å². The highest BCUT2D eigenvalue weighted by Gasteiger charge is 2.21. The first-order chi connectivity index (χ1) is 10.8. The number of aryl methyl sites for hydroxylation is 1. The Morgan fingerprint density at radius 2 is 2.13 bits per heavy atom. The number of pyridine rings is 1. The number of imidazole rings is 1. The van der Waals surface area contributed by atoms with Gasteiger partial charge >= 0.3 is 0 Å². The largest absolute Gasteiger partial charge is 0.356 e. The molecule has 7 heteroatoms. The van der Waals surface area contributed by atoms with Crippen LogP contribution < -0.4 is 10.6 Å². The van der Waals surface area contributed by atoms with Gasteiger partial charge in [0.1, 0.15) is 11.6 Å². The maximum atomic E-state index is 4.49. The molecule has 1 aliphatic carbocycles. The summed E-state index contributed by atoms with van der Waals surface area (Å²) < 4.78 is 2.00. The summed E-state index contributed by atoms with van der Waals surface area (Å²) in [6.45, 7) is 3.65. The molecule has 124 valence electrons. The van der Waals surface area contributed by atoms with Crippen LogP contribution in [0.25, 0.3) is 5.82 Å². The third kappa shape index (κ3) is 4.66. The number of aromatic nitrogens is 3. The number of hydrogen-bond donors (Lipinski definition) is 2. The van der Waals surface area contributed by atoms with Gasteiger partial charge in [0.05, 0.1) is 0 Å². The van der Waals surface area contributed by atoms with Gasteiger partial charge in [0.2, 0.25) is 0 Å². The fourth-order valence-corrected chi connectivity index (χ4v) is 2.35. The molecule has 6 nitrogen and oxygen atoms in total. The second-order valence-corrected chi connectivity index (χ2v) is 5.58. The average Bonchev–Trinajstić information content (AvgIpc) is 3.28. The number of nitrogens with zero attached hydrogens (tertiary/aromatic N) is 4. The third-order valence-electron chi connectivity index (χ3n) is 3.85. The first-order valence-corrected chi connectivity index (χ1v) is 7.66. The Labute approximate surface area is 153 Å². The summed E-state index contributed by atoms with van der Waals surface area (Å²) in [7, 11) is 1.80. The zero-order valence-electron chi connectivity index (χ0n) is 13.5. The van der Waals surface area contributed by atoms with E-state index in [1.54, 1.807) is 19.4 Å². The van der Waals surface area contributed by atoms with E-state index in [-0.39, 0.29) is 24.0 Å². The second kappa shape index (κ2) is 8.28. The molecule has 1 saturated carbocycles. The summed E-state index contributed by atoms with van der Waals surface area (Å²) in [5, 5.41) is 6.72. The molecule has 0 amide bonds. The molecule has 0 aromatic carbocycles. The molecule has 2 heterocycles. The van der Waals surface area contributed by atoms with Gasteiger partial charge in [0, 0.05) is 44.3 Å². The average molecular weight is 426 g/mol. The molecule has 3 rings (SSSR count). The van der Waals surface area contributed by atoms with E-state index in [0.29, 0.717) is 6.54 Å². The van der Waals surface area contributed by atoms with Crippen LogP contribution in [0.3, 0.4) is 0 Å². The summed E-state index contributed by atoms with van der Waals surface area (Å²) in [6.07, 6.45) is 8.18. The maximum absolute atomic E-state index is 4.49. The Balaban J connectivity index is 0.00000192. The number of guanidine groups is 1. The van der Waals surface area contributed by atoms with E-state index in [4.69, 9.17) is 0 Å². The molecule has 1 fully saturated rings. The van der Waals surface area contributed by atoms with E-state index >= 15 is 0 Å². The van der Waals surface area contributed by atoms with Crippen LogP contribution in [0.15, 0.2) is 35.7 Å². The molecule has 2 N–H and O–H groups in total. The monoisotopic (exact) mass is 426 g/mol. The number of halogens is 1. The second-order valence-electron chi connectivity index (χ2n) is 5.58. The van der Waals surface area contributed by atoms with Crippen LogP contribution in [-0.2, 0) is 6.54 Å². The summed E-state index contributed by atoms with van der Waals surface area (Å²) in [4.78, 5) is 13.0. The van der Waals surface area contributed by atoms with Crippen molar-refractivity contribution in [3.63, 3.8) is 0 Å².